The Labute approximate surface area is 187 Å². The fourth-order valence-corrected chi connectivity index (χ4v) is 4.06. The lowest BCUT2D eigenvalue weighted by Crippen LogP contribution is -2.31. The van der Waals surface area contributed by atoms with E-state index >= 15 is 0 Å². The Morgan fingerprint density at radius 2 is 2.09 bits per heavy atom. The Morgan fingerprint density at radius 1 is 1.25 bits per heavy atom. The van der Waals surface area contributed by atoms with E-state index in [-0.39, 0.29) is 17.7 Å². The number of ether oxygens (including phenoxy) is 2. The molecule has 0 saturated carbocycles. The van der Waals surface area contributed by atoms with Gasteiger partial charge < -0.3 is 19.5 Å². The first-order chi connectivity index (χ1) is 15.7. The topological polar surface area (TPSA) is 87.7 Å². The summed E-state index contributed by atoms with van der Waals surface area (Å²) in [5.74, 6) is 0.698. The highest BCUT2D eigenvalue weighted by Crippen LogP contribution is 2.44. The molecular formula is C25H27N3O4. The van der Waals surface area contributed by atoms with E-state index in [9.17, 15) is 9.90 Å². The number of aromatic nitrogens is 2. The molecule has 7 heteroatoms. The number of amides is 1. The molecule has 0 spiro atoms. The molecule has 0 radical (unpaired) electrons. The highest BCUT2D eigenvalue weighted by atomic mass is 16.5. The number of rotatable bonds is 10. The van der Waals surface area contributed by atoms with Gasteiger partial charge in [-0.15, -0.1) is 0 Å². The third kappa shape index (κ3) is 4.11. The van der Waals surface area contributed by atoms with Crippen LogP contribution in [-0.4, -0.2) is 52.5 Å². The van der Waals surface area contributed by atoms with Crippen molar-refractivity contribution in [1.82, 2.24) is 15.1 Å². The van der Waals surface area contributed by atoms with Gasteiger partial charge in [0.15, 0.2) is 0 Å². The van der Waals surface area contributed by atoms with Gasteiger partial charge in [0, 0.05) is 30.9 Å². The highest BCUT2D eigenvalue weighted by Gasteiger charge is 2.42. The number of aromatic amines is 1. The van der Waals surface area contributed by atoms with Gasteiger partial charge in [-0.3, -0.25) is 9.89 Å². The third-order valence-corrected chi connectivity index (χ3v) is 5.46. The van der Waals surface area contributed by atoms with Crippen molar-refractivity contribution in [3.63, 3.8) is 0 Å². The number of aromatic hydroxyl groups is 1. The number of benzene rings is 2. The molecule has 1 aliphatic rings. The van der Waals surface area contributed by atoms with Crippen molar-refractivity contribution in [2.24, 2.45) is 0 Å². The molecule has 2 heterocycles. The summed E-state index contributed by atoms with van der Waals surface area (Å²) < 4.78 is 11.2. The van der Waals surface area contributed by atoms with E-state index in [1.165, 1.54) is 0 Å². The molecule has 0 saturated heterocycles. The number of nitrogens with zero attached hydrogens (tertiary/aromatic N) is 2. The molecule has 1 aliphatic heterocycles. The molecule has 1 amide bonds. The summed E-state index contributed by atoms with van der Waals surface area (Å²) in [7, 11) is 0. The van der Waals surface area contributed by atoms with Crippen LogP contribution in [0, 0.1) is 0 Å². The molecule has 2 aromatic carbocycles. The van der Waals surface area contributed by atoms with E-state index in [2.05, 4.69) is 16.8 Å². The first-order valence-electron chi connectivity index (χ1n) is 10.7. The van der Waals surface area contributed by atoms with Crippen LogP contribution in [0.4, 0.5) is 0 Å². The lowest BCUT2D eigenvalue weighted by atomic mass is 9.95. The lowest BCUT2D eigenvalue weighted by molar-refractivity contribution is 0.0710. The number of hydrogen-bond acceptors (Lipinski definition) is 5. The Bertz CT molecular complexity index is 1110. The van der Waals surface area contributed by atoms with Crippen LogP contribution < -0.4 is 4.74 Å². The molecule has 1 atom stereocenters. The van der Waals surface area contributed by atoms with E-state index in [1.54, 1.807) is 24.3 Å². The average Bonchev–Trinajstić information content (AvgIpc) is 3.35. The molecule has 0 bridgehead atoms. The van der Waals surface area contributed by atoms with Crippen molar-refractivity contribution >= 4 is 5.91 Å². The van der Waals surface area contributed by atoms with Crippen LogP contribution in [0.2, 0.25) is 0 Å². The zero-order valence-corrected chi connectivity index (χ0v) is 18.1. The van der Waals surface area contributed by atoms with Crippen LogP contribution in [0.5, 0.6) is 11.5 Å². The average molecular weight is 434 g/mol. The van der Waals surface area contributed by atoms with E-state index in [0.29, 0.717) is 55.5 Å². The van der Waals surface area contributed by atoms with Crippen LogP contribution in [0.3, 0.4) is 0 Å². The molecule has 166 valence electrons. The molecule has 1 aromatic heterocycles. The molecule has 2 N–H and O–H groups in total. The van der Waals surface area contributed by atoms with Crippen molar-refractivity contribution in [1.29, 1.82) is 0 Å². The number of para-hydroxylation sites is 1. The molecule has 0 aliphatic carbocycles. The second-order valence-corrected chi connectivity index (χ2v) is 7.50. The number of hydrogen-bond donors (Lipinski definition) is 2. The zero-order chi connectivity index (χ0) is 22.5. The SMILES string of the molecule is C=CCOc1cccc([C@@H]2c3c(-c4ccccc4O)n[nH]c3C(=O)N2CCCOCC)c1. The first kappa shape index (κ1) is 21.6. The van der Waals surface area contributed by atoms with Gasteiger partial charge in [-0.05, 0) is 43.2 Å². The van der Waals surface area contributed by atoms with Crippen LogP contribution >= 0.6 is 0 Å². The summed E-state index contributed by atoms with van der Waals surface area (Å²) in [6.07, 6.45) is 2.41. The van der Waals surface area contributed by atoms with Gasteiger partial charge in [-0.2, -0.15) is 5.10 Å². The van der Waals surface area contributed by atoms with Gasteiger partial charge in [0.1, 0.15) is 29.5 Å². The quantitative estimate of drug-likeness (QED) is 0.367. The molecular weight excluding hydrogens is 406 g/mol. The van der Waals surface area contributed by atoms with Gasteiger partial charge in [-0.1, -0.05) is 36.9 Å². The molecule has 0 fully saturated rings. The van der Waals surface area contributed by atoms with Crippen molar-refractivity contribution in [2.45, 2.75) is 19.4 Å². The number of carbonyl (C=O) groups excluding carboxylic acids is 1. The predicted molar refractivity (Wildman–Crippen MR) is 122 cm³/mol. The number of carbonyl (C=O) groups is 1. The summed E-state index contributed by atoms with van der Waals surface area (Å²) in [5.41, 5.74) is 3.27. The first-order valence-corrected chi connectivity index (χ1v) is 10.7. The number of phenols is 1. The molecule has 32 heavy (non-hydrogen) atoms. The maximum atomic E-state index is 13.3. The summed E-state index contributed by atoms with van der Waals surface area (Å²) in [6.45, 7) is 7.79. The van der Waals surface area contributed by atoms with Crippen molar-refractivity contribution in [2.75, 3.05) is 26.4 Å². The third-order valence-electron chi connectivity index (χ3n) is 5.46. The lowest BCUT2D eigenvalue weighted by Gasteiger charge is -2.26. The molecule has 7 nitrogen and oxygen atoms in total. The number of phenolic OH excluding ortho intramolecular Hbond substituents is 1. The minimum absolute atomic E-state index is 0.117. The van der Waals surface area contributed by atoms with Crippen LogP contribution in [-0.2, 0) is 4.74 Å². The standard InChI is InChI=1S/C25H27N3O4/c1-3-14-32-18-10-7-9-17(16-18)24-21-22(19-11-5-6-12-20(19)29)26-27-23(21)25(30)28(24)13-8-15-31-4-2/h3,5-7,9-12,16,24,29H,1,4,8,13-15H2,2H3,(H,26,27)/t24-/m1/s1. The maximum absolute atomic E-state index is 13.3. The van der Waals surface area contributed by atoms with Gasteiger partial charge in [-0.25, -0.2) is 0 Å². The normalized spacial score (nSPS) is 15.1. The van der Waals surface area contributed by atoms with Crippen LogP contribution in [0.15, 0.2) is 61.2 Å². The fourth-order valence-electron chi connectivity index (χ4n) is 4.06. The predicted octanol–water partition coefficient (Wildman–Crippen LogP) is 4.32. The van der Waals surface area contributed by atoms with E-state index in [0.717, 1.165) is 11.1 Å². The largest absolute Gasteiger partial charge is 0.507 e. The smallest absolute Gasteiger partial charge is 0.273 e. The summed E-state index contributed by atoms with van der Waals surface area (Å²) in [4.78, 5) is 15.2. The van der Waals surface area contributed by atoms with Crippen LogP contribution in [0.25, 0.3) is 11.3 Å². The summed E-state index contributed by atoms with van der Waals surface area (Å²) >= 11 is 0. The second kappa shape index (κ2) is 9.70. The van der Waals surface area contributed by atoms with Gasteiger partial charge in [0.25, 0.3) is 5.91 Å². The minimum Gasteiger partial charge on any atom is -0.507 e. The molecule has 3 aromatic rings. The van der Waals surface area contributed by atoms with Gasteiger partial charge in [0.2, 0.25) is 0 Å². The van der Waals surface area contributed by atoms with E-state index < -0.39 is 0 Å². The number of fused-ring (bicyclic) bond motifs is 1. The van der Waals surface area contributed by atoms with Crippen LogP contribution in [0.1, 0.15) is 41.0 Å². The molecule has 0 unspecified atom stereocenters. The maximum Gasteiger partial charge on any atom is 0.273 e. The number of H-pyrrole nitrogens is 1. The van der Waals surface area contributed by atoms with E-state index in [4.69, 9.17) is 9.47 Å². The van der Waals surface area contributed by atoms with E-state index in [1.807, 2.05) is 42.2 Å². The Kier molecular flexibility index (Phi) is 6.56. The van der Waals surface area contributed by atoms with Crippen molar-refractivity contribution < 1.29 is 19.4 Å². The van der Waals surface area contributed by atoms with Gasteiger partial charge >= 0.3 is 0 Å². The van der Waals surface area contributed by atoms with Crippen molar-refractivity contribution in [3.8, 4) is 22.8 Å². The monoisotopic (exact) mass is 433 g/mol. The fraction of sp³-hybridized carbons (Fsp3) is 0.280. The Hall–Kier alpha value is -3.58. The zero-order valence-electron chi connectivity index (χ0n) is 18.1. The highest BCUT2D eigenvalue weighted by molar-refractivity contribution is 6.00. The summed E-state index contributed by atoms with van der Waals surface area (Å²) in [5, 5.41) is 17.8. The van der Waals surface area contributed by atoms with Crippen molar-refractivity contribution in [3.05, 3.63) is 78.0 Å². The Balaban J connectivity index is 1.77. The molecule has 4 rings (SSSR count). The second-order valence-electron chi connectivity index (χ2n) is 7.50. The van der Waals surface area contributed by atoms with Gasteiger partial charge in [0.05, 0.1) is 6.04 Å². The summed E-state index contributed by atoms with van der Waals surface area (Å²) in [6, 6.07) is 14.4. The minimum atomic E-state index is -0.361. The Morgan fingerprint density at radius 3 is 2.88 bits per heavy atom. The number of nitrogens with one attached hydrogen (secondary N) is 1.